The number of aliphatic carboxylic acids is 1. The van der Waals surface area contributed by atoms with Crippen molar-refractivity contribution >= 4 is 18.0 Å². The van der Waals surface area contributed by atoms with Gasteiger partial charge in [-0.15, -0.1) is 0 Å². The molecule has 0 aromatic heterocycles. The largest absolute Gasteiger partial charge is 0.481 e. The molecule has 1 fully saturated rings. The monoisotopic (exact) mass is 478 g/mol. The van der Waals surface area contributed by atoms with Gasteiger partial charge in [-0.3, -0.25) is 9.59 Å². The molecule has 0 saturated carbocycles. The van der Waals surface area contributed by atoms with E-state index >= 15 is 0 Å². The normalized spacial score (nSPS) is 18.2. The van der Waals surface area contributed by atoms with Gasteiger partial charge in [-0.1, -0.05) is 68.3 Å². The van der Waals surface area contributed by atoms with Gasteiger partial charge in [0.2, 0.25) is 5.91 Å². The molecular weight excluding hydrogens is 444 g/mol. The Kier molecular flexibility index (Phi) is 8.06. The Balaban J connectivity index is 1.45. The molecule has 2 amide bonds. The van der Waals surface area contributed by atoms with Crippen LogP contribution in [0.1, 0.15) is 68.9 Å². The number of carboxylic acid groups (broad SMARTS) is 1. The third-order valence-electron chi connectivity index (χ3n) is 7.21. The molecule has 2 aromatic rings. The summed E-state index contributed by atoms with van der Waals surface area (Å²) >= 11 is 0. The second kappa shape index (κ2) is 11.4. The molecule has 1 saturated heterocycles. The van der Waals surface area contributed by atoms with E-state index in [0.717, 1.165) is 54.4 Å². The Morgan fingerprint density at radius 1 is 1.03 bits per heavy atom. The number of hydrogen-bond donors (Lipinski definition) is 2. The summed E-state index contributed by atoms with van der Waals surface area (Å²) in [5.74, 6) is -1.30. The van der Waals surface area contributed by atoms with Gasteiger partial charge in [0.05, 0.1) is 0 Å². The highest BCUT2D eigenvalue weighted by Crippen LogP contribution is 2.44. The third kappa shape index (κ3) is 5.66. The van der Waals surface area contributed by atoms with E-state index in [9.17, 15) is 19.5 Å². The molecule has 2 unspecified atom stereocenters. The van der Waals surface area contributed by atoms with E-state index in [1.807, 2.05) is 41.3 Å². The number of carboxylic acids is 1. The van der Waals surface area contributed by atoms with Crippen LogP contribution in [0.25, 0.3) is 11.1 Å². The first-order valence-electron chi connectivity index (χ1n) is 12.6. The zero-order valence-corrected chi connectivity index (χ0v) is 20.2. The van der Waals surface area contributed by atoms with Crippen molar-refractivity contribution in [1.29, 1.82) is 0 Å². The van der Waals surface area contributed by atoms with Crippen LogP contribution in [0.3, 0.4) is 0 Å². The van der Waals surface area contributed by atoms with Gasteiger partial charge in [-0.2, -0.15) is 0 Å². The molecule has 1 aliphatic carbocycles. The van der Waals surface area contributed by atoms with Gasteiger partial charge in [-0.25, -0.2) is 4.79 Å². The lowest BCUT2D eigenvalue weighted by molar-refractivity contribution is -0.138. The lowest BCUT2D eigenvalue weighted by Gasteiger charge is -2.32. The molecule has 0 bridgehead atoms. The zero-order valence-electron chi connectivity index (χ0n) is 20.2. The second-order valence-electron chi connectivity index (χ2n) is 9.40. The fraction of sp³-hybridized carbons (Fsp3) is 0.464. The molecule has 1 aliphatic heterocycles. The summed E-state index contributed by atoms with van der Waals surface area (Å²) < 4.78 is 5.62. The maximum atomic E-state index is 13.4. The number of likely N-dealkylation sites (tertiary alicyclic amines) is 1. The molecule has 2 aromatic carbocycles. The minimum Gasteiger partial charge on any atom is -0.481 e. The number of nitrogens with one attached hydrogen (secondary N) is 1. The van der Waals surface area contributed by atoms with Crippen molar-refractivity contribution in [3.8, 4) is 11.1 Å². The van der Waals surface area contributed by atoms with E-state index in [1.165, 1.54) is 0 Å². The number of alkyl carbamates (subject to hydrolysis) is 1. The number of ether oxygens (including phenoxy) is 1. The average Bonchev–Trinajstić information content (AvgIpc) is 3.00. The quantitative estimate of drug-likeness (QED) is 0.560. The number of hydrogen-bond acceptors (Lipinski definition) is 4. The van der Waals surface area contributed by atoms with Crippen LogP contribution in [0.15, 0.2) is 48.5 Å². The summed E-state index contributed by atoms with van der Waals surface area (Å²) in [6.07, 6.45) is 3.95. The first-order valence-corrected chi connectivity index (χ1v) is 12.6. The van der Waals surface area contributed by atoms with Crippen molar-refractivity contribution in [2.45, 2.75) is 69.9 Å². The maximum absolute atomic E-state index is 13.4. The van der Waals surface area contributed by atoms with Gasteiger partial charge < -0.3 is 20.1 Å². The highest BCUT2D eigenvalue weighted by molar-refractivity contribution is 5.86. The summed E-state index contributed by atoms with van der Waals surface area (Å²) in [4.78, 5) is 39.3. The summed E-state index contributed by atoms with van der Waals surface area (Å²) in [5.41, 5.74) is 4.49. The topological polar surface area (TPSA) is 95.9 Å². The number of rotatable bonds is 8. The number of amides is 2. The van der Waals surface area contributed by atoms with Crippen LogP contribution in [-0.4, -0.2) is 53.2 Å². The number of carbonyl (C=O) groups excluding carboxylic acids is 2. The average molecular weight is 479 g/mol. The standard InChI is InChI=1S/C28H34N2O5/c1-2-19-10-4-3-9-17-30(19)27(33)25(15-16-26(31)32)29-28(34)35-18-24-22-13-7-5-11-20(22)21-12-6-8-14-23(21)24/h5-8,11-14,19,24-25H,2-4,9-10,15-18H2,1H3,(H,29,34)(H,31,32). The molecule has 0 spiro atoms. The minimum atomic E-state index is -1.000. The predicted octanol–water partition coefficient (Wildman–Crippen LogP) is 4.94. The Bertz CT molecular complexity index is 1020. The zero-order chi connectivity index (χ0) is 24.8. The molecule has 35 heavy (non-hydrogen) atoms. The Morgan fingerprint density at radius 2 is 1.69 bits per heavy atom. The summed E-state index contributed by atoms with van der Waals surface area (Å²) in [7, 11) is 0. The highest BCUT2D eigenvalue weighted by atomic mass is 16.5. The van der Waals surface area contributed by atoms with Crippen molar-refractivity contribution in [2.75, 3.05) is 13.2 Å². The Labute approximate surface area is 206 Å². The lowest BCUT2D eigenvalue weighted by Crippen LogP contribution is -2.52. The van der Waals surface area contributed by atoms with Gasteiger partial charge >= 0.3 is 12.1 Å². The fourth-order valence-electron chi connectivity index (χ4n) is 5.40. The summed E-state index contributed by atoms with van der Waals surface area (Å²) in [6.45, 7) is 2.83. The van der Waals surface area contributed by atoms with Crippen molar-refractivity contribution in [3.63, 3.8) is 0 Å². The van der Waals surface area contributed by atoms with Crippen molar-refractivity contribution in [1.82, 2.24) is 10.2 Å². The van der Waals surface area contributed by atoms with Crippen LogP contribution in [-0.2, 0) is 14.3 Å². The van der Waals surface area contributed by atoms with Gasteiger partial charge in [0.15, 0.2) is 0 Å². The van der Waals surface area contributed by atoms with Crippen LogP contribution < -0.4 is 5.32 Å². The van der Waals surface area contributed by atoms with E-state index in [1.54, 1.807) is 0 Å². The minimum absolute atomic E-state index is 0.0330. The van der Waals surface area contributed by atoms with Gasteiger partial charge in [-0.05, 0) is 47.9 Å². The Morgan fingerprint density at radius 3 is 2.31 bits per heavy atom. The van der Waals surface area contributed by atoms with Crippen molar-refractivity contribution < 1.29 is 24.2 Å². The molecule has 7 heteroatoms. The van der Waals surface area contributed by atoms with Crippen molar-refractivity contribution in [2.24, 2.45) is 0 Å². The van der Waals surface area contributed by atoms with E-state index in [4.69, 9.17) is 4.74 Å². The lowest BCUT2D eigenvalue weighted by atomic mass is 9.98. The number of nitrogens with zero attached hydrogens (tertiary/aromatic N) is 1. The molecule has 7 nitrogen and oxygen atoms in total. The second-order valence-corrected chi connectivity index (χ2v) is 9.40. The van der Waals surface area contributed by atoms with E-state index in [0.29, 0.717) is 6.54 Å². The van der Waals surface area contributed by atoms with Gasteiger partial charge in [0, 0.05) is 24.9 Å². The predicted molar refractivity (Wildman–Crippen MR) is 133 cm³/mol. The fourth-order valence-corrected chi connectivity index (χ4v) is 5.40. The maximum Gasteiger partial charge on any atom is 0.407 e. The van der Waals surface area contributed by atoms with Crippen molar-refractivity contribution in [3.05, 3.63) is 59.7 Å². The van der Waals surface area contributed by atoms with E-state index < -0.39 is 18.1 Å². The van der Waals surface area contributed by atoms with Crippen LogP contribution in [0.4, 0.5) is 4.79 Å². The molecule has 4 rings (SSSR count). The smallest absolute Gasteiger partial charge is 0.407 e. The molecule has 186 valence electrons. The van der Waals surface area contributed by atoms with Crippen LogP contribution in [0.5, 0.6) is 0 Å². The first kappa shape index (κ1) is 24.8. The SMILES string of the molecule is CCC1CCCCCN1C(=O)C(CCC(=O)O)NC(=O)OCC1c2ccccc2-c2ccccc21. The molecule has 2 atom stereocenters. The third-order valence-corrected chi connectivity index (χ3v) is 7.21. The van der Waals surface area contributed by atoms with E-state index in [2.05, 4.69) is 24.4 Å². The van der Waals surface area contributed by atoms with Crippen LogP contribution in [0.2, 0.25) is 0 Å². The van der Waals surface area contributed by atoms with Crippen LogP contribution >= 0.6 is 0 Å². The molecule has 0 radical (unpaired) electrons. The molecule has 2 N–H and O–H groups in total. The van der Waals surface area contributed by atoms with Gasteiger partial charge in [0.1, 0.15) is 12.6 Å². The number of benzene rings is 2. The van der Waals surface area contributed by atoms with Crippen LogP contribution in [0, 0.1) is 0 Å². The molecule has 2 aliphatic rings. The summed E-state index contributed by atoms with van der Waals surface area (Å²) in [5, 5.41) is 11.9. The summed E-state index contributed by atoms with van der Waals surface area (Å²) in [6, 6.07) is 15.4. The Hall–Kier alpha value is -3.35. The molecular formula is C28H34N2O5. The highest BCUT2D eigenvalue weighted by Gasteiger charge is 2.33. The number of carbonyl (C=O) groups is 3. The first-order chi connectivity index (χ1) is 17.0. The number of fused-ring (bicyclic) bond motifs is 3. The molecule has 1 heterocycles. The van der Waals surface area contributed by atoms with Gasteiger partial charge in [0.25, 0.3) is 0 Å². The van der Waals surface area contributed by atoms with E-state index in [-0.39, 0.29) is 37.3 Å².